The van der Waals surface area contributed by atoms with E-state index in [1.807, 2.05) is 0 Å². The second-order valence-electron chi connectivity index (χ2n) is 8.80. The zero-order chi connectivity index (χ0) is 21.3. The van der Waals surface area contributed by atoms with Crippen LogP contribution in [0.5, 0.6) is 0 Å². The molecule has 1 atom stereocenters. The molecule has 0 radical (unpaired) electrons. The molecule has 2 amide bonds. The van der Waals surface area contributed by atoms with Gasteiger partial charge in [-0.3, -0.25) is 9.59 Å². The van der Waals surface area contributed by atoms with Crippen LogP contribution in [0.1, 0.15) is 53.7 Å². The quantitative estimate of drug-likeness (QED) is 0.832. The molecule has 2 heterocycles. The van der Waals surface area contributed by atoms with Crippen LogP contribution in [0.4, 0.5) is 5.00 Å². The molecule has 29 heavy (non-hydrogen) atoms. The summed E-state index contributed by atoms with van der Waals surface area (Å²) in [7, 11) is 3.31. The number of hydrogen-bond acceptors (Lipinski definition) is 5. The van der Waals surface area contributed by atoms with Gasteiger partial charge < -0.3 is 14.8 Å². The Morgan fingerprint density at radius 2 is 2.14 bits per heavy atom. The maximum Gasteiger partial charge on any atom is 0.273 e. The molecule has 2 aromatic heterocycles. The third-order valence-corrected chi connectivity index (χ3v) is 6.61. The van der Waals surface area contributed by atoms with Crippen LogP contribution in [0.2, 0.25) is 0 Å². The van der Waals surface area contributed by atoms with Crippen molar-refractivity contribution in [2.24, 2.45) is 11.3 Å². The summed E-state index contributed by atoms with van der Waals surface area (Å²) < 4.78 is 1.57. The van der Waals surface area contributed by atoms with Crippen LogP contribution < -0.4 is 5.32 Å². The first kappa shape index (κ1) is 21.1. The fourth-order valence-electron chi connectivity index (χ4n) is 3.65. The van der Waals surface area contributed by atoms with Gasteiger partial charge >= 0.3 is 0 Å². The van der Waals surface area contributed by atoms with Gasteiger partial charge in [0, 0.05) is 25.2 Å². The molecular weight excluding hydrogens is 386 g/mol. The number of rotatable bonds is 4. The van der Waals surface area contributed by atoms with Gasteiger partial charge in [-0.1, -0.05) is 20.8 Å². The summed E-state index contributed by atoms with van der Waals surface area (Å²) in [5.41, 5.74) is 2.20. The largest absolute Gasteiger partial charge is 0.343 e. The molecule has 0 spiro atoms. The van der Waals surface area contributed by atoms with Crippen molar-refractivity contribution in [2.45, 2.75) is 46.6 Å². The SMILES string of the molecule is CN(C)C(=O)c1cn(CC(=O)Nc2sc3c(c2C#N)CCC(C(C)(C)C)C3)cn1. The first-order chi connectivity index (χ1) is 13.6. The lowest BCUT2D eigenvalue weighted by atomic mass is 9.72. The average molecular weight is 414 g/mol. The van der Waals surface area contributed by atoms with Gasteiger partial charge in [0.05, 0.1) is 11.9 Å². The fourth-order valence-corrected chi connectivity index (χ4v) is 4.94. The van der Waals surface area contributed by atoms with Crippen LogP contribution in [0.15, 0.2) is 12.5 Å². The minimum Gasteiger partial charge on any atom is -0.343 e. The summed E-state index contributed by atoms with van der Waals surface area (Å²) in [5.74, 6) is 0.117. The number of carbonyl (C=O) groups excluding carboxylic acids is 2. The molecule has 2 aromatic rings. The molecule has 1 aliphatic rings. The number of nitriles is 1. The van der Waals surface area contributed by atoms with Crippen molar-refractivity contribution in [3.8, 4) is 6.07 Å². The summed E-state index contributed by atoms with van der Waals surface area (Å²) in [6.45, 7) is 6.80. The van der Waals surface area contributed by atoms with E-state index in [0.717, 1.165) is 24.8 Å². The molecule has 0 aliphatic heterocycles. The lowest BCUT2D eigenvalue weighted by Gasteiger charge is -2.33. The number of carbonyl (C=O) groups is 2. The van der Waals surface area contributed by atoms with E-state index in [-0.39, 0.29) is 23.8 Å². The van der Waals surface area contributed by atoms with E-state index in [1.165, 1.54) is 27.4 Å². The summed E-state index contributed by atoms with van der Waals surface area (Å²) in [4.78, 5) is 31.2. The van der Waals surface area contributed by atoms with E-state index in [9.17, 15) is 14.9 Å². The van der Waals surface area contributed by atoms with Crippen molar-refractivity contribution >= 4 is 28.2 Å². The van der Waals surface area contributed by atoms with E-state index >= 15 is 0 Å². The monoisotopic (exact) mass is 413 g/mol. The molecule has 1 N–H and O–H groups in total. The molecule has 3 rings (SSSR count). The highest BCUT2D eigenvalue weighted by atomic mass is 32.1. The second-order valence-corrected chi connectivity index (χ2v) is 9.91. The lowest BCUT2D eigenvalue weighted by Crippen LogP contribution is -2.26. The van der Waals surface area contributed by atoms with Crippen molar-refractivity contribution in [1.29, 1.82) is 5.26 Å². The Morgan fingerprint density at radius 1 is 1.41 bits per heavy atom. The van der Waals surface area contributed by atoms with Crippen LogP contribution >= 0.6 is 11.3 Å². The molecule has 8 heteroatoms. The highest BCUT2D eigenvalue weighted by Gasteiger charge is 2.32. The minimum absolute atomic E-state index is 0.0335. The number of imidazole rings is 1. The van der Waals surface area contributed by atoms with Crippen LogP contribution in [0.3, 0.4) is 0 Å². The van der Waals surface area contributed by atoms with E-state index in [1.54, 1.807) is 24.9 Å². The number of nitrogens with zero attached hydrogens (tertiary/aromatic N) is 4. The van der Waals surface area contributed by atoms with Gasteiger partial charge in [0.2, 0.25) is 5.91 Å². The normalized spacial score (nSPS) is 16.1. The zero-order valence-corrected chi connectivity index (χ0v) is 18.4. The predicted molar refractivity (Wildman–Crippen MR) is 113 cm³/mol. The second kappa shape index (κ2) is 7.99. The summed E-state index contributed by atoms with van der Waals surface area (Å²) in [5, 5.41) is 13.2. The molecule has 0 saturated carbocycles. The molecule has 0 aromatic carbocycles. The number of thiophene rings is 1. The summed E-state index contributed by atoms with van der Waals surface area (Å²) >= 11 is 1.52. The minimum atomic E-state index is -0.242. The van der Waals surface area contributed by atoms with Crippen LogP contribution in [-0.2, 0) is 24.2 Å². The van der Waals surface area contributed by atoms with Crippen LogP contribution in [-0.4, -0.2) is 40.4 Å². The molecule has 0 bridgehead atoms. The Hall–Kier alpha value is -2.66. The highest BCUT2D eigenvalue weighted by Crippen LogP contribution is 2.43. The number of aromatic nitrogens is 2. The number of fused-ring (bicyclic) bond motifs is 1. The Morgan fingerprint density at radius 3 is 2.76 bits per heavy atom. The highest BCUT2D eigenvalue weighted by molar-refractivity contribution is 7.16. The van der Waals surface area contributed by atoms with Gasteiger partial charge in [-0.2, -0.15) is 5.26 Å². The van der Waals surface area contributed by atoms with Gasteiger partial charge in [-0.15, -0.1) is 11.3 Å². The standard InChI is InChI=1S/C21H27N5O2S/c1-21(2,3)13-6-7-14-15(9-22)19(29-17(14)8-13)24-18(27)11-26-10-16(23-12-26)20(28)25(4)5/h10,12-13H,6-8,11H2,1-5H3,(H,24,27). The van der Waals surface area contributed by atoms with Crippen molar-refractivity contribution in [2.75, 3.05) is 19.4 Å². The number of nitrogens with one attached hydrogen (secondary N) is 1. The van der Waals surface area contributed by atoms with Crippen molar-refractivity contribution < 1.29 is 9.59 Å². The Balaban J connectivity index is 1.72. The Bertz CT molecular complexity index is 974. The van der Waals surface area contributed by atoms with Crippen LogP contribution in [0.25, 0.3) is 0 Å². The Labute approximate surface area is 175 Å². The zero-order valence-electron chi connectivity index (χ0n) is 17.6. The first-order valence-electron chi connectivity index (χ1n) is 9.68. The maximum absolute atomic E-state index is 12.5. The third kappa shape index (κ3) is 4.51. The average Bonchev–Trinajstić information content (AvgIpc) is 3.23. The van der Waals surface area contributed by atoms with Crippen LogP contribution in [0, 0.1) is 22.7 Å². The van der Waals surface area contributed by atoms with Gasteiger partial charge in [0.15, 0.2) is 0 Å². The van der Waals surface area contributed by atoms with Gasteiger partial charge in [-0.25, -0.2) is 4.98 Å². The molecule has 0 saturated heterocycles. The number of amides is 2. The van der Waals surface area contributed by atoms with E-state index < -0.39 is 0 Å². The fraction of sp³-hybridized carbons (Fsp3) is 0.524. The first-order valence-corrected chi connectivity index (χ1v) is 10.5. The van der Waals surface area contributed by atoms with E-state index in [2.05, 4.69) is 37.1 Å². The third-order valence-electron chi connectivity index (χ3n) is 5.44. The van der Waals surface area contributed by atoms with E-state index in [0.29, 0.717) is 22.2 Å². The molecule has 1 aliphatic carbocycles. The van der Waals surface area contributed by atoms with Crippen molar-refractivity contribution in [3.05, 3.63) is 34.2 Å². The Kier molecular flexibility index (Phi) is 5.80. The van der Waals surface area contributed by atoms with Crippen molar-refractivity contribution in [1.82, 2.24) is 14.5 Å². The predicted octanol–water partition coefficient (Wildman–Crippen LogP) is 3.31. The summed E-state index contributed by atoms with van der Waals surface area (Å²) in [6, 6.07) is 2.28. The lowest BCUT2D eigenvalue weighted by molar-refractivity contribution is -0.116. The molecule has 1 unspecified atom stereocenters. The summed E-state index contributed by atoms with van der Waals surface area (Å²) in [6.07, 6.45) is 5.91. The van der Waals surface area contributed by atoms with Crippen molar-refractivity contribution in [3.63, 3.8) is 0 Å². The smallest absolute Gasteiger partial charge is 0.273 e. The molecular formula is C21H27N5O2S. The molecule has 7 nitrogen and oxygen atoms in total. The molecule has 0 fully saturated rings. The molecule has 154 valence electrons. The topological polar surface area (TPSA) is 91.0 Å². The number of hydrogen-bond donors (Lipinski definition) is 1. The van der Waals surface area contributed by atoms with Gasteiger partial charge in [-0.05, 0) is 36.2 Å². The maximum atomic E-state index is 12.5. The van der Waals surface area contributed by atoms with Gasteiger partial charge in [0.1, 0.15) is 23.3 Å². The van der Waals surface area contributed by atoms with E-state index in [4.69, 9.17) is 0 Å². The number of anilines is 1. The van der Waals surface area contributed by atoms with Gasteiger partial charge in [0.25, 0.3) is 5.91 Å².